The Kier molecular flexibility index (Phi) is 60.4. The Morgan fingerprint density at radius 2 is 0.506 bits per heavy atom. The summed E-state index contributed by atoms with van der Waals surface area (Å²) in [6.07, 6.45) is 90.4. The van der Waals surface area contributed by atoms with Crippen molar-refractivity contribution in [1.29, 1.82) is 0 Å². The van der Waals surface area contributed by atoms with E-state index in [9.17, 15) is 14.4 Å². The fraction of sp³-hybridized carbons (Fsp3) is 0.648. The Bertz CT molecular complexity index is 1650. The summed E-state index contributed by atoms with van der Waals surface area (Å²) in [7, 11) is 0. The summed E-state index contributed by atoms with van der Waals surface area (Å²) in [5.74, 6) is -0.921. The molecule has 0 radical (unpaired) electrons. The number of hydrogen-bond donors (Lipinski definition) is 0. The summed E-state index contributed by atoms with van der Waals surface area (Å²) in [5, 5.41) is 0. The average molecular weight is 1070 g/mol. The lowest BCUT2D eigenvalue weighted by molar-refractivity contribution is -0.167. The number of carbonyl (C=O) groups is 3. The van der Waals surface area contributed by atoms with Gasteiger partial charge in [-0.3, -0.25) is 14.4 Å². The van der Waals surface area contributed by atoms with Crippen LogP contribution in [-0.4, -0.2) is 37.2 Å². The van der Waals surface area contributed by atoms with E-state index in [0.29, 0.717) is 19.3 Å². The number of rotatable bonds is 56. The molecule has 0 fully saturated rings. The molecule has 6 nitrogen and oxygen atoms in total. The number of hydrogen-bond acceptors (Lipinski definition) is 6. The molecule has 77 heavy (non-hydrogen) atoms. The Morgan fingerprint density at radius 3 is 0.805 bits per heavy atom. The molecule has 0 aromatic rings. The number of unbranched alkanes of at least 4 members (excludes halogenated alkanes) is 23. The van der Waals surface area contributed by atoms with Crippen molar-refractivity contribution >= 4 is 17.9 Å². The van der Waals surface area contributed by atoms with Gasteiger partial charge in [-0.1, -0.05) is 270 Å². The standard InChI is InChI=1S/C71H116O6/c1-4-7-10-13-16-19-21-23-25-27-29-30-31-32-33-34-35-36-37-38-39-40-41-42-43-45-46-48-50-52-55-58-61-64-70(73)76-67-68(66-75-69(72)63-60-57-54-18-15-12-9-6-3)77-71(74)65-62-59-56-53-51-49-47-44-28-26-24-22-20-17-14-11-8-5-2/h7,10,16,19-20,22-23,25-26,28-30,32-33,35-36,38-39,41-42,45-46,68H,4-6,8-9,11-15,17-18,21,24,27,31,34,37,40,43-44,47-67H2,1-3H3/b10-7-,19-16-,22-20-,25-23-,28-26-,30-29-,33-32-,36-35-,39-38-,42-41-,46-45-. The van der Waals surface area contributed by atoms with Crippen molar-refractivity contribution < 1.29 is 28.6 Å². The molecule has 0 heterocycles. The summed E-state index contributed by atoms with van der Waals surface area (Å²) in [4.78, 5) is 38.1. The molecule has 0 bridgehead atoms. The normalized spacial score (nSPS) is 13.0. The predicted octanol–water partition coefficient (Wildman–Crippen LogP) is 21.8. The lowest BCUT2D eigenvalue weighted by atomic mass is 10.1. The number of carbonyl (C=O) groups excluding carboxylic acids is 3. The Hall–Kier alpha value is -4.45. The predicted molar refractivity (Wildman–Crippen MR) is 334 cm³/mol. The molecule has 0 spiro atoms. The van der Waals surface area contributed by atoms with E-state index in [2.05, 4.69) is 154 Å². The highest BCUT2D eigenvalue weighted by Gasteiger charge is 2.19. The van der Waals surface area contributed by atoms with E-state index in [1.807, 2.05) is 0 Å². The molecule has 0 amide bonds. The zero-order chi connectivity index (χ0) is 55.7. The Labute approximate surface area is 475 Å². The van der Waals surface area contributed by atoms with Gasteiger partial charge in [-0.15, -0.1) is 0 Å². The molecular formula is C71H116O6. The van der Waals surface area contributed by atoms with Gasteiger partial charge in [-0.05, 0) is 122 Å². The first kappa shape index (κ1) is 72.5. The second-order valence-electron chi connectivity index (χ2n) is 20.6. The molecule has 1 atom stereocenters. The van der Waals surface area contributed by atoms with Crippen molar-refractivity contribution in [1.82, 2.24) is 0 Å². The molecule has 436 valence electrons. The van der Waals surface area contributed by atoms with Crippen LogP contribution in [0.5, 0.6) is 0 Å². The summed E-state index contributed by atoms with van der Waals surface area (Å²) in [6.45, 7) is 6.46. The van der Waals surface area contributed by atoms with E-state index >= 15 is 0 Å². The van der Waals surface area contributed by atoms with Crippen LogP contribution in [0.15, 0.2) is 134 Å². The van der Waals surface area contributed by atoms with E-state index in [0.717, 1.165) is 148 Å². The maximum absolute atomic E-state index is 12.8. The second-order valence-corrected chi connectivity index (χ2v) is 20.6. The first-order chi connectivity index (χ1) is 38.0. The van der Waals surface area contributed by atoms with Gasteiger partial charge in [0, 0.05) is 19.3 Å². The fourth-order valence-electron chi connectivity index (χ4n) is 8.41. The van der Waals surface area contributed by atoms with E-state index in [1.54, 1.807) is 0 Å². The van der Waals surface area contributed by atoms with Gasteiger partial charge < -0.3 is 14.2 Å². The fourth-order valence-corrected chi connectivity index (χ4v) is 8.41. The summed E-state index contributed by atoms with van der Waals surface area (Å²) < 4.78 is 16.8. The maximum atomic E-state index is 12.8. The first-order valence-electron chi connectivity index (χ1n) is 31.7. The van der Waals surface area contributed by atoms with Crippen molar-refractivity contribution in [3.8, 4) is 0 Å². The topological polar surface area (TPSA) is 78.9 Å². The van der Waals surface area contributed by atoms with Crippen LogP contribution in [0.25, 0.3) is 0 Å². The van der Waals surface area contributed by atoms with Gasteiger partial charge in [0.15, 0.2) is 6.10 Å². The molecule has 0 saturated heterocycles. The minimum absolute atomic E-state index is 0.0890. The van der Waals surface area contributed by atoms with Crippen molar-refractivity contribution in [2.75, 3.05) is 13.2 Å². The quantitative estimate of drug-likeness (QED) is 0.0261. The van der Waals surface area contributed by atoms with Gasteiger partial charge in [-0.2, -0.15) is 0 Å². The van der Waals surface area contributed by atoms with Gasteiger partial charge >= 0.3 is 17.9 Å². The van der Waals surface area contributed by atoms with Gasteiger partial charge in [0.25, 0.3) is 0 Å². The first-order valence-corrected chi connectivity index (χ1v) is 31.7. The summed E-state index contributed by atoms with van der Waals surface area (Å²) >= 11 is 0. The van der Waals surface area contributed by atoms with Crippen molar-refractivity contribution in [3.63, 3.8) is 0 Å². The second kappa shape index (κ2) is 64.1. The van der Waals surface area contributed by atoms with Crippen LogP contribution in [-0.2, 0) is 28.6 Å². The van der Waals surface area contributed by atoms with Crippen LogP contribution >= 0.6 is 0 Å². The van der Waals surface area contributed by atoms with Crippen molar-refractivity contribution in [3.05, 3.63) is 134 Å². The van der Waals surface area contributed by atoms with Gasteiger partial charge in [0.2, 0.25) is 0 Å². The lowest BCUT2D eigenvalue weighted by Gasteiger charge is -2.18. The van der Waals surface area contributed by atoms with Crippen LogP contribution < -0.4 is 0 Å². The largest absolute Gasteiger partial charge is 0.462 e. The van der Waals surface area contributed by atoms with Crippen LogP contribution in [0.4, 0.5) is 0 Å². The third-order valence-corrected chi connectivity index (χ3v) is 13.1. The third kappa shape index (κ3) is 62.3. The molecule has 0 rings (SSSR count). The summed E-state index contributed by atoms with van der Waals surface area (Å²) in [5.41, 5.74) is 0. The van der Waals surface area contributed by atoms with Crippen LogP contribution in [0.2, 0.25) is 0 Å². The van der Waals surface area contributed by atoms with Gasteiger partial charge in [-0.25, -0.2) is 0 Å². The molecule has 0 aromatic carbocycles. The lowest BCUT2D eigenvalue weighted by Crippen LogP contribution is -2.30. The molecule has 0 N–H and O–H groups in total. The van der Waals surface area contributed by atoms with Crippen LogP contribution in [0, 0.1) is 0 Å². The van der Waals surface area contributed by atoms with E-state index in [4.69, 9.17) is 14.2 Å². The highest BCUT2D eigenvalue weighted by molar-refractivity contribution is 5.71. The Morgan fingerprint density at radius 1 is 0.273 bits per heavy atom. The van der Waals surface area contributed by atoms with E-state index < -0.39 is 6.10 Å². The van der Waals surface area contributed by atoms with Crippen LogP contribution in [0.3, 0.4) is 0 Å². The Balaban J connectivity index is 4.24. The van der Waals surface area contributed by atoms with Crippen molar-refractivity contribution in [2.24, 2.45) is 0 Å². The number of esters is 3. The highest BCUT2D eigenvalue weighted by atomic mass is 16.6. The van der Waals surface area contributed by atoms with Crippen LogP contribution in [0.1, 0.15) is 278 Å². The summed E-state index contributed by atoms with van der Waals surface area (Å²) in [6, 6.07) is 0. The minimum Gasteiger partial charge on any atom is -0.462 e. The monoisotopic (exact) mass is 1060 g/mol. The molecule has 0 saturated carbocycles. The highest BCUT2D eigenvalue weighted by Crippen LogP contribution is 2.14. The SMILES string of the molecule is CC/C=C\C/C=C\C/C=C\C/C=C\C/C=C\C/C=C\C/C=C\C/C=C\C/C=C\CCCCCCCC(=O)OCC(COC(=O)CCCCCCCCCC)OC(=O)CCCCCCCCC/C=C\C/C=C\CCCCCC. The maximum Gasteiger partial charge on any atom is 0.306 e. The molecule has 0 aliphatic heterocycles. The van der Waals surface area contributed by atoms with E-state index in [-0.39, 0.29) is 31.1 Å². The number of ether oxygens (including phenoxy) is 3. The average Bonchev–Trinajstić information content (AvgIpc) is 3.43. The zero-order valence-electron chi connectivity index (χ0n) is 49.9. The van der Waals surface area contributed by atoms with Gasteiger partial charge in [0.05, 0.1) is 0 Å². The zero-order valence-corrected chi connectivity index (χ0v) is 49.9. The molecule has 1 unspecified atom stereocenters. The number of allylic oxidation sites excluding steroid dienone is 22. The smallest absolute Gasteiger partial charge is 0.306 e. The minimum atomic E-state index is -0.792. The van der Waals surface area contributed by atoms with Crippen molar-refractivity contribution in [2.45, 2.75) is 284 Å². The molecule has 0 aliphatic rings. The molecule has 0 aromatic heterocycles. The molecular weight excluding hydrogens is 949 g/mol. The molecule has 0 aliphatic carbocycles. The third-order valence-electron chi connectivity index (χ3n) is 13.1. The molecule has 6 heteroatoms. The van der Waals surface area contributed by atoms with E-state index in [1.165, 1.54) is 89.9 Å². The van der Waals surface area contributed by atoms with Gasteiger partial charge in [0.1, 0.15) is 13.2 Å².